The van der Waals surface area contributed by atoms with Crippen molar-refractivity contribution in [2.45, 2.75) is 25.6 Å². The van der Waals surface area contributed by atoms with Crippen molar-refractivity contribution in [3.05, 3.63) is 28.7 Å². The topological polar surface area (TPSA) is 88.7 Å². The molecule has 136 valence electrons. The zero-order valence-electron chi connectivity index (χ0n) is 14.7. The number of aromatic nitrogens is 1. The van der Waals surface area contributed by atoms with Gasteiger partial charge in [0.1, 0.15) is 6.04 Å². The molecular formula is C17H24N4O4. The van der Waals surface area contributed by atoms with Gasteiger partial charge in [-0.2, -0.15) is 0 Å². The molecule has 1 fully saturated rings. The molecule has 2 N–H and O–H groups in total. The molecule has 8 heteroatoms. The van der Waals surface area contributed by atoms with Crippen molar-refractivity contribution in [3.8, 4) is 0 Å². The SMILES string of the molecule is C[C@H]1OCCN[C@@H]1C(=O)Nc1ccc2oc(=O)n(CCN(C)C)c2c1. The van der Waals surface area contributed by atoms with Gasteiger partial charge in [-0.25, -0.2) is 4.79 Å². The van der Waals surface area contributed by atoms with E-state index in [4.69, 9.17) is 9.15 Å². The summed E-state index contributed by atoms with van der Waals surface area (Å²) in [5.74, 6) is -0.548. The van der Waals surface area contributed by atoms with Gasteiger partial charge >= 0.3 is 5.76 Å². The Bertz CT molecular complexity index is 811. The first-order valence-corrected chi connectivity index (χ1v) is 8.39. The highest BCUT2D eigenvalue weighted by Gasteiger charge is 2.28. The minimum Gasteiger partial charge on any atom is -0.408 e. The number of amides is 1. The highest BCUT2D eigenvalue weighted by Crippen LogP contribution is 2.19. The quantitative estimate of drug-likeness (QED) is 0.817. The lowest BCUT2D eigenvalue weighted by Crippen LogP contribution is -2.53. The largest absolute Gasteiger partial charge is 0.419 e. The monoisotopic (exact) mass is 348 g/mol. The summed E-state index contributed by atoms with van der Waals surface area (Å²) >= 11 is 0. The molecule has 1 saturated heterocycles. The van der Waals surface area contributed by atoms with Crippen LogP contribution in [0.15, 0.2) is 27.4 Å². The average Bonchev–Trinajstić information content (AvgIpc) is 2.88. The second-order valence-electron chi connectivity index (χ2n) is 6.50. The van der Waals surface area contributed by atoms with Crippen LogP contribution in [0.2, 0.25) is 0 Å². The molecule has 3 rings (SSSR count). The maximum atomic E-state index is 12.5. The predicted molar refractivity (Wildman–Crippen MR) is 94.9 cm³/mol. The van der Waals surface area contributed by atoms with Gasteiger partial charge in [0.25, 0.3) is 0 Å². The lowest BCUT2D eigenvalue weighted by molar-refractivity contribution is -0.123. The van der Waals surface area contributed by atoms with Gasteiger partial charge in [-0.05, 0) is 39.2 Å². The Morgan fingerprint density at radius 3 is 2.96 bits per heavy atom. The molecule has 0 radical (unpaired) electrons. The van der Waals surface area contributed by atoms with Crippen molar-refractivity contribution >= 4 is 22.7 Å². The van der Waals surface area contributed by atoms with Crippen molar-refractivity contribution in [2.24, 2.45) is 0 Å². The summed E-state index contributed by atoms with van der Waals surface area (Å²) in [6, 6.07) is 4.80. The molecule has 1 aliphatic heterocycles. The number of benzene rings is 1. The Kier molecular flexibility index (Phi) is 5.22. The van der Waals surface area contributed by atoms with Gasteiger partial charge in [0.05, 0.1) is 18.2 Å². The normalized spacial score (nSPS) is 21.0. The van der Waals surface area contributed by atoms with Crippen LogP contribution < -0.4 is 16.4 Å². The molecule has 25 heavy (non-hydrogen) atoms. The van der Waals surface area contributed by atoms with E-state index < -0.39 is 11.8 Å². The summed E-state index contributed by atoms with van der Waals surface area (Å²) < 4.78 is 12.4. The molecule has 1 aromatic heterocycles. The third-order valence-corrected chi connectivity index (χ3v) is 4.30. The summed E-state index contributed by atoms with van der Waals surface area (Å²) in [6.45, 7) is 4.35. The number of carbonyl (C=O) groups is 1. The van der Waals surface area contributed by atoms with Gasteiger partial charge in [-0.3, -0.25) is 9.36 Å². The van der Waals surface area contributed by atoms with E-state index in [0.29, 0.717) is 43.0 Å². The second kappa shape index (κ2) is 7.38. The number of ether oxygens (including phenoxy) is 1. The smallest absolute Gasteiger partial charge is 0.408 e. The molecule has 1 aliphatic rings. The summed E-state index contributed by atoms with van der Waals surface area (Å²) in [6.07, 6.45) is -0.190. The molecule has 0 aliphatic carbocycles. The van der Waals surface area contributed by atoms with Crippen molar-refractivity contribution in [3.63, 3.8) is 0 Å². The minimum atomic E-state index is -0.398. The number of fused-ring (bicyclic) bond motifs is 1. The number of carbonyl (C=O) groups excluding carboxylic acids is 1. The number of hydrogen-bond acceptors (Lipinski definition) is 6. The van der Waals surface area contributed by atoms with E-state index in [1.54, 1.807) is 22.8 Å². The van der Waals surface area contributed by atoms with Gasteiger partial charge in [-0.1, -0.05) is 0 Å². The molecule has 2 atom stereocenters. The maximum absolute atomic E-state index is 12.5. The highest BCUT2D eigenvalue weighted by atomic mass is 16.5. The van der Waals surface area contributed by atoms with Crippen LogP contribution in [0.3, 0.4) is 0 Å². The van der Waals surface area contributed by atoms with Crippen molar-refractivity contribution < 1.29 is 13.9 Å². The number of likely N-dealkylation sites (N-methyl/N-ethyl adjacent to an activating group) is 1. The zero-order chi connectivity index (χ0) is 18.0. The van der Waals surface area contributed by atoms with Crippen molar-refractivity contribution in [2.75, 3.05) is 39.1 Å². The first-order valence-electron chi connectivity index (χ1n) is 8.39. The number of hydrogen-bond donors (Lipinski definition) is 2. The van der Waals surface area contributed by atoms with Crippen LogP contribution in [0.4, 0.5) is 5.69 Å². The van der Waals surface area contributed by atoms with E-state index in [2.05, 4.69) is 10.6 Å². The Labute approximate surface area is 145 Å². The molecule has 0 bridgehead atoms. The van der Waals surface area contributed by atoms with Gasteiger partial charge in [0, 0.05) is 25.3 Å². The molecule has 2 aromatic rings. The second-order valence-corrected chi connectivity index (χ2v) is 6.50. The van der Waals surface area contributed by atoms with Crippen molar-refractivity contribution in [1.29, 1.82) is 0 Å². The molecule has 0 saturated carbocycles. The molecule has 1 aromatic carbocycles. The van der Waals surface area contributed by atoms with E-state index >= 15 is 0 Å². The van der Waals surface area contributed by atoms with Crippen LogP contribution in [0, 0.1) is 0 Å². The van der Waals surface area contributed by atoms with E-state index in [9.17, 15) is 9.59 Å². The molecule has 1 amide bonds. The summed E-state index contributed by atoms with van der Waals surface area (Å²) in [4.78, 5) is 26.5. The van der Waals surface area contributed by atoms with E-state index in [1.165, 1.54) is 0 Å². The summed E-state index contributed by atoms with van der Waals surface area (Å²) in [5, 5.41) is 6.04. The Balaban J connectivity index is 1.81. The number of oxazole rings is 1. The number of rotatable bonds is 5. The fourth-order valence-electron chi connectivity index (χ4n) is 2.90. The predicted octanol–water partition coefficient (Wildman–Crippen LogP) is 0.472. The lowest BCUT2D eigenvalue weighted by Gasteiger charge is -2.29. The zero-order valence-corrected chi connectivity index (χ0v) is 14.7. The van der Waals surface area contributed by atoms with E-state index in [-0.39, 0.29) is 12.0 Å². The molecule has 0 unspecified atom stereocenters. The van der Waals surface area contributed by atoms with Gasteiger partial charge in [-0.15, -0.1) is 0 Å². The van der Waals surface area contributed by atoms with Gasteiger partial charge in [0.15, 0.2) is 5.58 Å². The summed E-state index contributed by atoms with van der Waals surface area (Å²) in [5.41, 5.74) is 1.80. The van der Waals surface area contributed by atoms with Gasteiger partial charge in [0.2, 0.25) is 5.91 Å². The van der Waals surface area contributed by atoms with Crippen LogP contribution in [0.25, 0.3) is 11.1 Å². The van der Waals surface area contributed by atoms with Crippen LogP contribution >= 0.6 is 0 Å². The Morgan fingerprint density at radius 2 is 2.24 bits per heavy atom. The van der Waals surface area contributed by atoms with E-state index in [0.717, 1.165) is 0 Å². The fraction of sp³-hybridized carbons (Fsp3) is 0.529. The number of morpholine rings is 1. The Hall–Kier alpha value is -2.16. The maximum Gasteiger partial charge on any atom is 0.419 e. The van der Waals surface area contributed by atoms with Gasteiger partial charge < -0.3 is 24.7 Å². The van der Waals surface area contributed by atoms with Crippen LogP contribution in [-0.4, -0.2) is 61.3 Å². The van der Waals surface area contributed by atoms with E-state index in [1.807, 2.05) is 25.9 Å². The minimum absolute atomic E-state index is 0.155. The van der Waals surface area contributed by atoms with Crippen LogP contribution in [0.1, 0.15) is 6.92 Å². The average molecular weight is 348 g/mol. The molecule has 2 heterocycles. The third-order valence-electron chi connectivity index (χ3n) is 4.30. The molecule has 0 spiro atoms. The number of nitrogens with one attached hydrogen (secondary N) is 2. The molecular weight excluding hydrogens is 324 g/mol. The number of nitrogens with zero attached hydrogens (tertiary/aromatic N) is 2. The highest BCUT2D eigenvalue weighted by molar-refractivity contribution is 5.96. The number of anilines is 1. The first kappa shape index (κ1) is 17.7. The molecule has 8 nitrogen and oxygen atoms in total. The van der Waals surface area contributed by atoms with Crippen LogP contribution in [0.5, 0.6) is 0 Å². The first-order chi connectivity index (χ1) is 12.0. The van der Waals surface area contributed by atoms with Crippen molar-refractivity contribution in [1.82, 2.24) is 14.8 Å². The fourth-order valence-corrected chi connectivity index (χ4v) is 2.90. The lowest BCUT2D eigenvalue weighted by atomic mass is 10.1. The Morgan fingerprint density at radius 1 is 1.44 bits per heavy atom. The standard InChI is InChI=1S/C17H24N4O4/c1-11-15(18-6-9-24-11)16(22)19-12-4-5-14-13(10-12)21(17(23)25-14)8-7-20(2)3/h4-5,10-11,15,18H,6-9H2,1-3H3,(H,19,22)/t11-,15+/m1/s1. The van der Waals surface area contributed by atoms with Crippen LogP contribution in [-0.2, 0) is 16.1 Å². The third kappa shape index (κ3) is 3.92. The summed E-state index contributed by atoms with van der Waals surface area (Å²) in [7, 11) is 3.89.